The molecule has 25 heavy (non-hydrogen) atoms. The fourth-order valence-corrected chi connectivity index (χ4v) is 5.10. The van der Waals surface area contributed by atoms with Gasteiger partial charge in [-0.1, -0.05) is 31.0 Å². The number of para-hydroxylation sites is 1. The van der Waals surface area contributed by atoms with E-state index in [1.54, 1.807) is 0 Å². The Morgan fingerprint density at radius 2 is 1.84 bits per heavy atom. The molecule has 2 aliphatic rings. The lowest BCUT2D eigenvalue weighted by atomic mass is 9.78. The summed E-state index contributed by atoms with van der Waals surface area (Å²) in [5.41, 5.74) is 2.37. The molecule has 1 saturated carbocycles. The van der Waals surface area contributed by atoms with Gasteiger partial charge in [-0.2, -0.15) is 5.10 Å². The van der Waals surface area contributed by atoms with Crippen LogP contribution in [0.5, 0.6) is 0 Å². The second-order valence-corrected chi connectivity index (χ2v) is 8.02. The maximum atomic E-state index is 5.81. The summed E-state index contributed by atoms with van der Waals surface area (Å²) in [6.45, 7) is 6.20. The van der Waals surface area contributed by atoms with E-state index in [2.05, 4.69) is 47.6 Å². The highest BCUT2D eigenvalue weighted by molar-refractivity contribution is 7.71. The molecule has 4 rings (SSSR count). The number of aryl methyl sites for hydroxylation is 2. The summed E-state index contributed by atoms with van der Waals surface area (Å²) in [5, 5.41) is 4.79. The Hall–Kier alpha value is -1.46. The predicted octanol–water partition coefficient (Wildman–Crippen LogP) is 4.63. The molecule has 1 aliphatic heterocycles. The minimum absolute atomic E-state index is 0.730. The largest absolute Gasteiger partial charge is 0.281 e. The van der Waals surface area contributed by atoms with Crippen molar-refractivity contribution in [3.8, 4) is 5.69 Å². The average molecular weight is 357 g/mol. The first-order valence-electron chi connectivity index (χ1n) is 9.61. The number of fused-ring (bicyclic) bond motifs is 1. The summed E-state index contributed by atoms with van der Waals surface area (Å²) >= 11 is 5.81. The summed E-state index contributed by atoms with van der Waals surface area (Å²) < 4.78 is 4.96. The predicted molar refractivity (Wildman–Crippen MR) is 104 cm³/mol. The number of hydrogen-bond acceptors (Lipinski definition) is 3. The van der Waals surface area contributed by atoms with Gasteiger partial charge in [-0.05, 0) is 69.3 Å². The van der Waals surface area contributed by atoms with E-state index in [0.29, 0.717) is 0 Å². The molecule has 134 valence electrons. The smallest absolute Gasteiger partial charge is 0.203 e. The summed E-state index contributed by atoms with van der Waals surface area (Å²) in [4.78, 5) is 2.64. The Kier molecular flexibility index (Phi) is 4.78. The fourth-order valence-electron chi connectivity index (χ4n) is 4.78. The highest BCUT2D eigenvalue weighted by Gasteiger charge is 2.33. The summed E-state index contributed by atoms with van der Waals surface area (Å²) in [5.74, 6) is 1.85. The first-order valence-corrected chi connectivity index (χ1v) is 10.0. The Morgan fingerprint density at radius 1 is 1.08 bits per heavy atom. The van der Waals surface area contributed by atoms with Crippen LogP contribution in [0.3, 0.4) is 0 Å². The van der Waals surface area contributed by atoms with Gasteiger partial charge >= 0.3 is 0 Å². The van der Waals surface area contributed by atoms with Gasteiger partial charge in [0.25, 0.3) is 0 Å². The van der Waals surface area contributed by atoms with Crippen molar-refractivity contribution in [1.82, 2.24) is 19.2 Å². The van der Waals surface area contributed by atoms with E-state index in [4.69, 9.17) is 17.3 Å². The van der Waals surface area contributed by atoms with Crippen molar-refractivity contribution in [2.75, 3.05) is 6.54 Å². The molecule has 0 amide bonds. The first-order chi connectivity index (χ1) is 12.1. The highest BCUT2D eigenvalue weighted by atomic mass is 32.1. The van der Waals surface area contributed by atoms with Crippen LogP contribution in [0.4, 0.5) is 0 Å². The van der Waals surface area contributed by atoms with Gasteiger partial charge in [0.05, 0.1) is 12.4 Å². The Morgan fingerprint density at radius 3 is 2.68 bits per heavy atom. The average Bonchev–Trinajstić information content (AvgIpc) is 2.90. The number of piperidine rings is 1. The molecule has 0 N–H and O–H groups in total. The Labute approximate surface area is 155 Å². The molecule has 1 saturated heterocycles. The molecule has 1 aromatic carbocycles. The topological polar surface area (TPSA) is 26.0 Å². The molecule has 2 atom stereocenters. The quantitative estimate of drug-likeness (QED) is 0.750. The molecule has 0 bridgehead atoms. The summed E-state index contributed by atoms with van der Waals surface area (Å²) in [6, 6.07) is 9.12. The van der Waals surface area contributed by atoms with Crippen LogP contribution in [0, 0.1) is 24.5 Å². The van der Waals surface area contributed by atoms with Crippen LogP contribution >= 0.6 is 12.2 Å². The fraction of sp³-hybridized carbons (Fsp3) is 0.600. The van der Waals surface area contributed by atoms with Crippen LogP contribution in [0.25, 0.3) is 5.69 Å². The molecule has 2 aromatic rings. The maximum absolute atomic E-state index is 5.81. The summed E-state index contributed by atoms with van der Waals surface area (Å²) in [6.07, 6.45) is 8.25. The zero-order chi connectivity index (χ0) is 17.4. The number of hydrogen-bond donors (Lipinski definition) is 0. The molecule has 1 aliphatic carbocycles. The van der Waals surface area contributed by atoms with Crippen LogP contribution in [0.1, 0.15) is 49.9 Å². The van der Waals surface area contributed by atoms with E-state index < -0.39 is 0 Å². The van der Waals surface area contributed by atoms with Crippen LogP contribution in [0.2, 0.25) is 0 Å². The van der Waals surface area contributed by atoms with Gasteiger partial charge in [-0.15, -0.1) is 0 Å². The molecule has 4 nitrogen and oxygen atoms in total. The van der Waals surface area contributed by atoms with Crippen LogP contribution < -0.4 is 0 Å². The van der Waals surface area contributed by atoms with Crippen molar-refractivity contribution in [2.24, 2.45) is 5.92 Å². The normalized spacial score (nSPS) is 24.2. The molecule has 0 spiro atoms. The third-order valence-corrected chi connectivity index (χ3v) is 6.42. The van der Waals surface area contributed by atoms with Gasteiger partial charge in [0.15, 0.2) is 0 Å². The van der Waals surface area contributed by atoms with Gasteiger partial charge < -0.3 is 0 Å². The SMILES string of the molecule is Cc1ccccc1-n1c(C)nn(CN2CCC[C@@H]3CCCC[C@@H]32)c1=S. The van der Waals surface area contributed by atoms with Crippen molar-refractivity contribution >= 4 is 12.2 Å². The molecule has 2 heterocycles. The lowest BCUT2D eigenvalue weighted by Crippen LogP contribution is -2.47. The summed E-state index contributed by atoms with van der Waals surface area (Å²) in [7, 11) is 0. The molecule has 1 aromatic heterocycles. The van der Waals surface area contributed by atoms with Crippen LogP contribution in [-0.2, 0) is 6.67 Å². The lowest BCUT2D eigenvalue weighted by Gasteiger charge is -2.43. The molecule has 5 heteroatoms. The first kappa shape index (κ1) is 17.0. The second kappa shape index (κ2) is 7.04. The van der Waals surface area contributed by atoms with Gasteiger partial charge in [0, 0.05) is 12.6 Å². The maximum Gasteiger partial charge on any atom is 0.203 e. The molecular formula is C20H28N4S. The number of aromatic nitrogens is 3. The van der Waals surface area contributed by atoms with Crippen molar-refractivity contribution < 1.29 is 0 Å². The second-order valence-electron chi connectivity index (χ2n) is 7.66. The monoisotopic (exact) mass is 356 g/mol. The third kappa shape index (κ3) is 3.20. The number of nitrogens with zero attached hydrogens (tertiary/aromatic N) is 4. The number of benzene rings is 1. The van der Waals surface area contributed by atoms with Crippen molar-refractivity contribution in [3.63, 3.8) is 0 Å². The number of rotatable bonds is 3. The minimum atomic E-state index is 0.730. The minimum Gasteiger partial charge on any atom is -0.281 e. The molecular weight excluding hydrogens is 328 g/mol. The van der Waals surface area contributed by atoms with E-state index >= 15 is 0 Å². The molecule has 0 radical (unpaired) electrons. The molecule has 2 fully saturated rings. The molecule has 0 unspecified atom stereocenters. The van der Waals surface area contributed by atoms with Gasteiger partial charge in [-0.3, -0.25) is 9.47 Å². The van der Waals surface area contributed by atoms with Gasteiger partial charge in [-0.25, -0.2) is 4.68 Å². The van der Waals surface area contributed by atoms with E-state index in [9.17, 15) is 0 Å². The van der Waals surface area contributed by atoms with Gasteiger partial charge in [0.2, 0.25) is 4.77 Å². The van der Waals surface area contributed by atoms with Crippen LogP contribution in [-0.4, -0.2) is 31.8 Å². The van der Waals surface area contributed by atoms with Crippen molar-refractivity contribution in [1.29, 1.82) is 0 Å². The van der Waals surface area contributed by atoms with Crippen molar-refractivity contribution in [3.05, 3.63) is 40.4 Å². The van der Waals surface area contributed by atoms with Crippen molar-refractivity contribution in [2.45, 2.75) is 65.1 Å². The van der Waals surface area contributed by atoms with E-state index in [-0.39, 0.29) is 0 Å². The van der Waals surface area contributed by atoms with Gasteiger partial charge in [0.1, 0.15) is 5.82 Å². The lowest BCUT2D eigenvalue weighted by molar-refractivity contribution is 0.0323. The Balaban J connectivity index is 1.63. The Bertz CT molecular complexity index is 804. The highest BCUT2D eigenvalue weighted by Crippen LogP contribution is 2.35. The third-order valence-electron chi connectivity index (χ3n) is 6.03. The number of likely N-dealkylation sites (tertiary alicyclic amines) is 1. The van der Waals surface area contributed by atoms with Crippen LogP contribution in [0.15, 0.2) is 24.3 Å². The zero-order valence-electron chi connectivity index (χ0n) is 15.3. The zero-order valence-corrected chi connectivity index (χ0v) is 16.1. The van der Waals surface area contributed by atoms with E-state index in [0.717, 1.165) is 34.9 Å². The standard InChI is InChI=1S/C20H28N4S/c1-15-8-3-5-11-18(15)24-16(2)21-23(20(24)25)14-22-13-7-10-17-9-4-6-12-19(17)22/h3,5,8,11,17,19H,4,6-7,9-10,12-14H2,1-2H3/t17-,19-/m0/s1. The van der Waals surface area contributed by atoms with E-state index in [1.807, 2.05) is 4.68 Å². The van der Waals surface area contributed by atoms with E-state index in [1.165, 1.54) is 50.6 Å².